The van der Waals surface area contributed by atoms with Crippen molar-refractivity contribution in [2.75, 3.05) is 23.7 Å². The first-order chi connectivity index (χ1) is 9.63. The number of hydrogen-bond donors (Lipinski definition) is 3. The van der Waals surface area contributed by atoms with Crippen molar-refractivity contribution in [2.45, 2.75) is 26.2 Å². The molecule has 1 unspecified atom stereocenters. The second-order valence-corrected chi connectivity index (χ2v) is 5.21. The van der Waals surface area contributed by atoms with Crippen LogP contribution in [0.2, 0.25) is 0 Å². The lowest BCUT2D eigenvalue weighted by Crippen LogP contribution is -2.15. The average Bonchev–Trinajstić information content (AvgIpc) is 2.89. The van der Waals surface area contributed by atoms with Crippen LogP contribution >= 0.6 is 12.4 Å². The molecule has 0 spiro atoms. The van der Waals surface area contributed by atoms with E-state index in [-0.39, 0.29) is 24.2 Å². The van der Waals surface area contributed by atoms with Crippen molar-refractivity contribution in [3.63, 3.8) is 0 Å². The molecule has 1 atom stereocenters. The third-order valence-corrected chi connectivity index (χ3v) is 3.41. The highest BCUT2D eigenvalue weighted by atomic mass is 35.5. The zero-order valence-corrected chi connectivity index (χ0v) is 13.0. The van der Waals surface area contributed by atoms with Gasteiger partial charge >= 0.3 is 0 Å². The minimum absolute atomic E-state index is 0. The highest BCUT2D eigenvalue weighted by Gasteiger charge is 2.15. The summed E-state index contributed by atoms with van der Waals surface area (Å²) in [6, 6.07) is 7.18. The summed E-state index contributed by atoms with van der Waals surface area (Å²) < 4.78 is 0. The minimum Gasteiger partial charge on any atom is -0.326 e. The number of benzene rings is 1. The number of amides is 2. The van der Waals surface area contributed by atoms with Gasteiger partial charge in [-0.1, -0.05) is 6.07 Å². The van der Waals surface area contributed by atoms with Crippen LogP contribution in [0.1, 0.15) is 26.2 Å². The molecule has 3 N–H and O–H groups in total. The fourth-order valence-electron chi connectivity index (χ4n) is 2.40. The Labute approximate surface area is 131 Å². The Morgan fingerprint density at radius 3 is 2.62 bits per heavy atom. The van der Waals surface area contributed by atoms with E-state index in [4.69, 9.17) is 0 Å². The number of carbonyl (C=O) groups excluding carboxylic acids is 2. The summed E-state index contributed by atoms with van der Waals surface area (Å²) in [5.74, 6) is 0.519. The zero-order valence-electron chi connectivity index (χ0n) is 12.1. The zero-order chi connectivity index (χ0) is 14.4. The van der Waals surface area contributed by atoms with Crippen LogP contribution in [0.15, 0.2) is 24.3 Å². The van der Waals surface area contributed by atoms with Gasteiger partial charge in [0.05, 0.1) is 0 Å². The Morgan fingerprint density at radius 1 is 1.29 bits per heavy atom. The monoisotopic (exact) mass is 311 g/mol. The van der Waals surface area contributed by atoms with E-state index in [0.29, 0.717) is 23.7 Å². The number of rotatable bonds is 5. The molecule has 0 aromatic heterocycles. The molecule has 0 bridgehead atoms. The SMILES string of the molecule is CC(=O)Nc1cccc(NC(=O)CCC2CCNC2)c1.Cl. The molecule has 1 aliphatic rings. The van der Waals surface area contributed by atoms with Crippen LogP contribution < -0.4 is 16.0 Å². The molecule has 116 valence electrons. The van der Waals surface area contributed by atoms with E-state index in [9.17, 15) is 9.59 Å². The van der Waals surface area contributed by atoms with Gasteiger partial charge in [0.1, 0.15) is 0 Å². The summed E-state index contributed by atoms with van der Waals surface area (Å²) in [4.78, 5) is 22.9. The molecular weight excluding hydrogens is 290 g/mol. The van der Waals surface area contributed by atoms with Crippen LogP contribution in [0.25, 0.3) is 0 Å². The molecule has 5 nitrogen and oxygen atoms in total. The lowest BCUT2D eigenvalue weighted by molar-refractivity contribution is -0.116. The summed E-state index contributed by atoms with van der Waals surface area (Å²) in [5.41, 5.74) is 1.40. The number of halogens is 1. The normalized spacial score (nSPS) is 16.9. The quantitative estimate of drug-likeness (QED) is 0.782. The molecule has 1 aromatic carbocycles. The van der Waals surface area contributed by atoms with Gasteiger partial charge in [-0.25, -0.2) is 0 Å². The molecule has 1 fully saturated rings. The number of anilines is 2. The molecule has 1 heterocycles. The Balaban J connectivity index is 0.00000220. The topological polar surface area (TPSA) is 70.2 Å². The molecule has 0 aliphatic carbocycles. The van der Waals surface area contributed by atoms with Gasteiger partial charge in [0.2, 0.25) is 11.8 Å². The fourth-order valence-corrected chi connectivity index (χ4v) is 2.40. The van der Waals surface area contributed by atoms with Gasteiger partial charge in [-0.05, 0) is 50.0 Å². The van der Waals surface area contributed by atoms with Crippen LogP contribution in [-0.2, 0) is 9.59 Å². The predicted octanol–water partition coefficient (Wildman–Crippen LogP) is 2.40. The van der Waals surface area contributed by atoms with Crippen LogP contribution in [0.5, 0.6) is 0 Å². The van der Waals surface area contributed by atoms with Gasteiger partial charge in [0.15, 0.2) is 0 Å². The highest BCUT2D eigenvalue weighted by molar-refractivity contribution is 5.93. The standard InChI is InChI=1S/C15H21N3O2.ClH/c1-11(19)17-13-3-2-4-14(9-13)18-15(20)6-5-12-7-8-16-10-12;/h2-4,9,12,16H,5-8,10H2,1H3,(H,17,19)(H,18,20);1H. The molecule has 0 saturated carbocycles. The van der Waals surface area contributed by atoms with Gasteiger partial charge in [-0.2, -0.15) is 0 Å². The molecule has 1 saturated heterocycles. The van der Waals surface area contributed by atoms with E-state index in [2.05, 4.69) is 16.0 Å². The smallest absolute Gasteiger partial charge is 0.224 e. The maximum atomic E-state index is 11.9. The number of nitrogens with one attached hydrogen (secondary N) is 3. The molecule has 1 aromatic rings. The second kappa shape index (κ2) is 8.64. The predicted molar refractivity (Wildman–Crippen MR) is 86.8 cm³/mol. The molecule has 0 radical (unpaired) electrons. The van der Waals surface area contributed by atoms with Crippen molar-refractivity contribution in [2.24, 2.45) is 5.92 Å². The van der Waals surface area contributed by atoms with E-state index in [1.165, 1.54) is 6.92 Å². The molecule has 2 rings (SSSR count). The van der Waals surface area contributed by atoms with Crippen molar-refractivity contribution in [3.05, 3.63) is 24.3 Å². The summed E-state index contributed by atoms with van der Waals surface area (Å²) in [6.45, 7) is 3.54. The first kappa shape index (κ1) is 17.5. The molecular formula is C15H22ClN3O2. The largest absolute Gasteiger partial charge is 0.326 e. The lowest BCUT2D eigenvalue weighted by Gasteiger charge is -2.10. The van der Waals surface area contributed by atoms with Gasteiger partial charge in [0, 0.05) is 24.7 Å². The summed E-state index contributed by atoms with van der Waals surface area (Å²) in [6.07, 6.45) is 2.62. The van der Waals surface area contributed by atoms with Crippen LogP contribution in [0, 0.1) is 5.92 Å². The highest BCUT2D eigenvalue weighted by Crippen LogP contribution is 2.17. The Morgan fingerprint density at radius 2 is 2.00 bits per heavy atom. The lowest BCUT2D eigenvalue weighted by atomic mass is 10.0. The van der Waals surface area contributed by atoms with E-state index >= 15 is 0 Å². The van der Waals surface area contributed by atoms with Crippen molar-refractivity contribution in [3.8, 4) is 0 Å². The van der Waals surface area contributed by atoms with Crippen molar-refractivity contribution < 1.29 is 9.59 Å². The fraction of sp³-hybridized carbons (Fsp3) is 0.467. The molecule has 6 heteroatoms. The summed E-state index contributed by atoms with van der Waals surface area (Å²) in [5, 5.41) is 8.87. The Hall–Kier alpha value is -1.59. The van der Waals surface area contributed by atoms with Crippen molar-refractivity contribution in [1.29, 1.82) is 0 Å². The van der Waals surface area contributed by atoms with Gasteiger partial charge < -0.3 is 16.0 Å². The Bertz CT molecular complexity index is 488. The summed E-state index contributed by atoms with van der Waals surface area (Å²) in [7, 11) is 0. The molecule has 21 heavy (non-hydrogen) atoms. The van der Waals surface area contributed by atoms with E-state index in [0.717, 1.165) is 25.9 Å². The van der Waals surface area contributed by atoms with Crippen molar-refractivity contribution >= 4 is 35.6 Å². The molecule has 2 amide bonds. The van der Waals surface area contributed by atoms with Crippen LogP contribution in [0.3, 0.4) is 0 Å². The number of hydrogen-bond acceptors (Lipinski definition) is 3. The first-order valence-electron chi connectivity index (χ1n) is 7.02. The Kier molecular flexibility index (Phi) is 7.19. The number of carbonyl (C=O) groups is 2. The third-order valence-electron chi connectivity index (χ3n) is 3.41. The molecule has 1 aliphatic heterocycles. The van der Waals surface area contributed by atoms with Crippen LogP contribution in [0.4, 0.5) is 11.4 Å². The van der Waals surface area contributed by atoms with Gasteiger partial charge in [-0.3, -0.25) is 9.59 Å². The maximum Gasteiger partial charge on any atom is 0.224 e. The minimum atomic E-state index is -0.123. The first-order valence-corrected chi connectivity index (χ1v) is 7.02. The third kappa shape index (κ3) is 6.14. The average molecular weight is 312 g/mol. The van der Waals surface area contributed by atoms with Crippen LogP contribution in [-0.4, -0.2) is 24.9 Å². The van der Waals surface area contributed by atoms with Gasteiger partial charge in [0.25, 0.3) is 0 Å². The van der Waals surface area contributed by atoms with E-state index in [1.54, 1.807) is 12.1 Å². The van der Waals surface area contributed by atoms with E-state index in [1.807, 2.05) is 12.1 Å². The second-order valence-electron chi connectivity index (χ2n) is 5.21. The van der Waals surface area contributed by atoms with Crippen molar-refractivity contribution in [1.82, 2.24) is 5.32 Å². The maximum absolute atomic E-state index is 11.9. The van der Waals surface area contributed by atoms with Gasteiger partial charge in [-0.15, -0.1) is 12.4 Å². The summed E-state index contributed by atoms with van der Waals surface area (Å²) >= 11 is 0. The van der Waals surface area contributed by atoms with E-state index < -0.39 is 0 Å².